The van der Waals surface area contributed by atoms with Crippen molar-refractivity contribution in [3.8, 4) is 6.01 Å². The first kappa shape index (κ1) is 26.7. The van der Waals surface area contributed by atoms with Crippen LogP contribution in [0.3, 0.4) is 0 Å². The summed E-state index contributed by atoms with van der Waals surface area (Å²) in [5.74, 6) is 0.823. The number of fused-ring (bicyclic) bond motifs is 1. The molecule has 0 bridgehead atoms. The quantitative estimate of drug-likeness (QED) is 0.588. The van der Waals surface area contributed by atoms with E-state index in [4.69, 9.17) is 15.5 Å². The zero-order valence-corrected chi connectivity index (χ0v) is 22.8. The number of amides is 1. The number of anilines is 3. The standard InChI is InChI=1S/C24H32N6O2.C5H11N/c25-22-21-23(28-24(27-22)32-19-8-1-2-9-19)30(13-10-20(31)26-21)16-18-7-5-6-17(14-18)15-29-11-3-4-12-29;1-6-4-2-3-5-6/h5-7,14,19H,1-4,8-13,15-16H2,(H,26,31)(H2,25,27,28);2-5H2,1H3. The first-order chi connectivity index (χ1) is 18.5. The van der Waals surface area contributed by atoms with Gasteiger partial charge in [-0.15, -0.1) is 0 Å². The van der Waals surface area contributed by atoms with Gasteiger partial charge in [0.05, 0.1) is 0 Å². The molecule has 38 heavy (non-hydrogen) atoms. The Morgan fingerprint density at radius 2 is 1.63 bits per heavy atom. The van der Waals surface area contributed by atoms with Gasteiger partial charge < -0.3 is 25.6 Å². The van der Waals surface area contributed by atoms with Crippen LogP contribution in [0.15, 0.2) is 24.3 Å². The molecular weight excluding hydrogens is 478 g/mol. The van der Waals surface area contributed by atoms with Gasteiger partial charge in [0.15, 0.2) is 11.6 Å². The van der Waals surface area contributed by atoms with E-state index in [2.05, 4.69) is 56.3 Å². The minimum absolute atomic E-state index is 0.0729. The predicted octanol–water partition coefficient (Wildman–Crippen LogP) is 4.04. The maximum absolute atomic E-state index is 12.3. The molecule has 4 aliphatic rings. The number of hydrogen-bond donors (Lipinski definition) is 2. The summed E-state index contributed by atoms with van der Waals surface area (Å²) in [4.78, 5) is 28.3. The largest absolute Gasteiger partial charge is 0.460 e. The van der Waals surface area contributed by atoms with E-state index >= 15 is 0 Å². The summed E-state index contributed by atoms with van der Waals surface area (Å²) < 4.78 is 6.03. The lowest BCUT2D eigenvalue weighted by Gasteiger charge is -2.24. The Labute approximate surface area is 226 Å². The van der Waals surface area contributed by atoms with Crippen molar-refractivity contribution in [3.05, 3.63) is 35.4 Å². The molecule has 1 amide bonds. The fourth-order valence-electron chi connectivity index (χ4n) is 5.82. The molecule has 206 valence electrons. The van der Waals surface area contributed by atoms with Crippen LogP contribution in [0.5, 0.6) is 6.01 Å². The molecule has 1 aliphatic carbocycles. The van der Waals surface area contributed by atoms with Crippen molar-refractivity contribution in [2.24, 2.45) is 0 Å². The summed E-state index contributed by atoms with van der Waals surface area (Å²) in [5, 5.41) is 2.89. The summed E-state index contributed by atoms with van der Waals surface area (Å²) in [7, 11) is 2.17. The molecule has 0 spiro atoms. The lowest BCUT2D eigenvalue weighted by Crippen LogP contribution is -2.26. The number of likely N-dealkylation sites (tertiary alicyclic amines) is 2. The minimum atomic E-state index is -0.0729. The molecule has 0 unspecified atom stereocenters. The monoisotopic (exact) mass is 521 g/mol. The first-order valence-corrected chi connectivity index (χ1v) is 14.4. The van der Waals surface area contributed by atoms with Crippen molar-refractivity contribution in [1.29, 1.82) is 0 Å². The van der Waals surface area contributed by atoms with Crippen molar-refractivity contribution in [2.75, 3.05) is 55.7 Å². The fraction of sp³-hybridized carbons (Fsp3) is 0.621. The van der Waals surface area contributed by atoms with Crippen LogP contribution in [0.25, 0.3) is 0 Å². The molecule has 3 N–H and O–H groups in total. The van der Waals surface area contributed by atoms with Crippen LogP contribution in [-0.2, 0) is 17.9 Å². The molecule has 3 aliphatic heterocycles. The van der Waals surface area contributed by atoms with Crippen LogP contribution in [0.4, 0.5) is 17.3 Å². The highest BCUT2D eigenvalue weighted by Gasteiger charge is 2.26. The second kappa shape index (κ2) is 12.8. The highest BCUT2D eigenvalue weighted by molar-refractivity contribution is 5.98. The van der Waals surface area contributed by atoms with Crippen molar-refractivity contribution in [3.63, 3.8) is 0 Å². The number of nitrogens with zero attached hydrogens (tertiary/aromatic N) is 5. The molecule has 1 aromatic heterocycles. The molecule has 1 saturated carbocycles. The summed E-state index contributed by atoms with van der Waals surface area (Å²) in [6.45, 7) is 7.19. The van der Waals surface area contributed by atoms with Gasteiger partial charge in [-0.25, -0.2) is 0 Å². The number of rotatable bonds is 6. The Kier molecular flexibility index (Phi) is 8.96. The van der Waals surface area contributed by atoms with Crippen molar-refractivity contribution >= 4 is 23.2 Å². The molecule has 9 heteroatoms. The zero-order chi connectivity index (χ0) is 26.3. The van der Waals surface area contributed by atoms with Crippen molar-refractivity contribution < 1.29 is 9.53 Å². The van der Waals surface area contributed by atoms with E-state index < -0.39 is 0 Å². The number of carbonyl (C=O) groups is 1. The Hall–Kier alpha value is -2.91. The fourth-order valence-corrected chi connectivity index (χ4v) is 5.82. The summed E-state index contributed by atoms with van der Waals surface area (Å²) in [5.41, 5.74) is 9.24. The van der Waals surface area contributed by atoms with Crippen molar-refractivity contribution in [1.82, 2.24) is 19.8 Å². The molecule has 6 rings (SSSR count). The molecule has 9 nitrogen and oxygen atoms in total. The SMILES string of the molecule is CN1CCCC1.Nc1nc(OC2CCCC2)nc2c1NC(=O)CCN2Cc1cccc(CN2CCCC2)c1. The molecule has 4 heterocycles. The smallest absolute Gasteiger partial charge is 0.320 e. The van der Waals surface area contributed by atoms with E-state index in [-0.39, 0.29) is 17.8 Å². The van der Waals surface area contributed by atoms with E-state index in [0.717, 1.165) is 19.4 Å². The third-order valence-corrected chi connectivity index (χ3v) is 7.94. The molecule has 0 radical (unpaired) electrons. The normalized spacial score (nSPS) is 20.6. The summed E-state index contributed by atoms with van der Waals surface area (Å²) >= 11 is 0. The second-order valence-corrected chi connectivity index (χ2v) is 11.1. The Balaban J connectivity index is 0.000000433. The number of aromatic nitrogens is 2. The maximum Gasteiger partial charge on any atom is 0.320 e. The van der Waals surface area contributed by atoms with Gasteiger partial charge in [-0.3, -0.25) is 9.69 Å². The van der Waals surface area contributed by atoms with Crippen LogP contribution in [0.2, 0.25) is 0 Å². The topological polar surface area (TPSA) is 99.8 Å². The van der Waals surface area contributed by atoms with Gasteiger partial charge in [0.2, 0.25) is 5.91 Å². The van der Waals surface area contributed by atoms with E-state index in [1.165, 1.54) is 75.8 Å². The van der Waals surface area contributed by atoms with Gasteiger partial charge in [-0.2, -0.15) is 9.97 Å². The number of nitrogen functional groups attached to an aromatic ring is 1. The van der Waals surface area contributed by atoms with Gasteiger partial charge in [0.25, 0.3) is 0 Å². The van der Waals surface area contributed by atoms with Gasteiger partial charge in [0.1, 0.15) is 11.8 Å². The third kappa shape index (κ3) is 7.14. The Bertz CT molecular complexity index is 1080. The van der Waals surface area contributed by atoms with Gasteiger partial charge in [-0.1, -0.05) is 24.3 Å². The Morgan fingerprint density at radius 3 is 2.32 bits per heavy atom. The summed E-state index contributed by atoms with van der Waals surface area (Å²) in [6, 6.07) is 9.01. The average Bonchev–Trinajstić information content (AvgIpc) is 3.68. The number of nitrogens with two attached hydrogens (primary N) is 1. The lowest BCUT2D eigenvalue weighted by atomic mass is 10.1. The summed E-state index contributed by atoms with van der Waals surface area (Å²) in [6.07, 6.45) is 10.3. The molecule has 1 aromatic carbocycles. The molecule has 2 aromatic rings. The van der Waals surface area contributed by atoms with E-state index in [1.807, 2.05) is 0 Å². The van der Waals surface area contributed by atoms with Crippen LogP contribution in [0, 0.1) is 0 Å². The highest BCUT2D eigenvalue weighted by atomic mass is 16.5. The number of carbonyl (C=O) groups excluding carboxylic acids is 1. The molecule has 2 saturated heterocycles. The van der Waals surface area contributed by atoms with E-state index in [0.29, 0.717) is 37.0 Å². The molecular formula is C29H43N7O2. The zero-order valence-electron chi connectivity index (χ0n) is 22.8. The minimum Gasteiger partial charge on any atom is -0.460 e. The van der Waals surface area contributed by atoms with Gasteiger partial charge >= 0.3 is 6.01 Å². The van der Waals surface area contributed by atoms with Crippen LogP contribution >= 0.6 is 0 Å². The lowest BCUT2D eigenvalue weighted by molar-refractivity contribution is -0.115. The second-order valence-electron chi connectivity index (χ2n) is 11.1. The highest BCUT2D eigenvalue weighted by Crippen LogP contribution is 2.35. The number of ether oxygens (including phenoxy) is 1. The first-order valence-electron chi connectivity index (χ1n) is 14.4. The Morgan fingerprint density at radius 1 is 0.947 bits per heavy atom. The van der Waals surface area contributed by atoms with Gasteiger partial charge in [-0.05, 0) is 95.7 Å². The van der Waals surface area contributed by atoms with Crippen LogP contribution < -0.4 is 20.7 Å². The van der Waals surface area contributed by atoms with Crippen molar-refractivity contribution in [2.45, 2.75) is 77.0 Å². The van der Waals surface area contributed by atoms with Gasteiger partial charge in [0, 0.05) is 26.1 Å². The number of benzene rings is 1. The molecule has 3 fully saturated rings. The van der Waals surface area contributed by atoms with Crippen LogP contribution in [0.1, 0.15) is 68.9 Å². The third-order valence-electron chi connectivity index (χ3n) is 7.94. The average molecular weight is 522 g/mol. The van der Waals surface area contributed by atoms with Crippen LogP contribution in [-0.4, -0.2) is 71.6 Å². The van der Waals surface area contributed by atoms with E-state index in [9.17, 15) is 4.79 Å². The predicted molar refractivity (Wildman–Crippen MR) is 151 cm³/mol. The molecule has 0 atom stereocenters. The number of nitrogens with one attached hydrogen (secondary N) is 1. The number of hydrogen-bond acceptors (Lipinski definition) is 8. The van der Waals surface area contributed by atoms with E-state index in [1.54, 1.807) is 0 Å². The maximum atomic E-state index is 12.3.